The fourth-order valence-corrected chi connectivity index (χ4v) is 5.22. The summed E-state index contributed by atoms with van der Waals surface area (Å²) in [6.07, 6.45) is 0.613. The Balaban J connectivity index is 2.14. The molecule has 0 aromatic heterocycles. The lowest BCUT2D eigenvalue weighted by molar-refractivity contribution is 0.101. The molecule has 150 valence electrons. The number of nitrogens with one attached hydrogen (secondary N) is 1. The molecule has 1 N–H and O–H groups in total. The van der Waals surface area contributed by atoms with Gasteiger partial charge < -0.3 is 0 Å². The molecule has 0 radical (unpaired) electrons. The van der Waals surface area contributed by atoms with Crippen molar-refractivity contribution in [1.29, 1.82) is 0 Å². The van der Waals surface area contributed by atoms with Crippen LogP contribution in [0.1, 0.15) is 81.1 Å². The van der Waals surface area contributed by atoms with Crippen LogP contribution >= 0.6 is 0 Å². The van der Waals surface area contributed by atoms with Crippen LogP contribution in [0.4, 0.5) is 0 Å². The van der Waals surface area contributed by atoms with Gasteiger partial charge in [-0.05, 0) is 59.1 Å². The molecule has 1 aliphatic carbocycles. The molecule has 28 heavy (non-hydrogen) atoms. The lowest BCUT2D eigenvalue weighted by atomic mass is 9.79. The third-order valence-electron chi connectivity index (χ3n) is 5.57. The van der Waals surface area contributed by atoms with E-state index in [-0.39, 0.29) is 21.5 Å². The van der Waals surface area contributed by atoms with Crippen molar-refractivity contribution < 1.29 is 13.2 Å². The molecular formula is C23H29NO3S. The van der Waals surface area contributed by atoms with E-state index in [1.807, 2.05) is 6.07 Å². The third-order valence-corrected chi connectivity index (χ3v) is 7.06. The number of hydrogen-bond acceptors (Lipinski definition) is 3. The highest BCUT2D eigenvalue weighted by atomic mass is 32.2. The minimum Gasteiger partial charge on any atom is -0.294 e. The summed E-state index contributed by atoms with van der Waals surface area (Å²) >= 11 is 0. The number of carbonyl (C=O) groups excluding carboxylic acids is 1. The second kappa shape index (κ2) is 6.82. The van der Waals surface area contributed by atoms with E-state index in [2.05, 4.69) is 45.4 Å². The summed E-state index contributed by atoms with van der Waals surface area (Å²) in [6, 6.07) is 12.0. The Morgan fingerprint density at radius 1 is 1.11 bits per heavy atom. The standard InChI is InChI=1S/C23H29NO3S/c1-15(25)18-12-16(22(2,3)4)13-19-21(18)20(14-23(19,5)6)24-28(26,27)17-10-8-7-9-11-17/h7-13,20,24H,14H2,1-6H3. The second-order valence-corrected chi connectivity index (χ2v) is 11.1. The van der Waals surface area contributed by atoms with Crippen LogP contribution in [0, 0.1) is 0 Å². The van der Waals surface area contributed by atoms with Crippen molar-refractivity contribution in [2.75, 3.05) is 0 Å². The Hall–Kier alpha value is -1.98. The molecule has 4 nitrogen and oxygen atoms in total. The Bertz CT molecular complexity index is 1020. The van der Waals surface area contributed by atoms with Gasteiger partial charge in [0.1, 0.15) is 0 Å². The zero-order valence-electron chi connectivity index (χ0n) is 17.5. The molecule has 0 fully saturated rings. The molecule has 0 bridgehead atoms. The molecular weight excluding hydrogens is 370 g/mol. The molecule has 1 unspecified atom stereocenters. The van der Waals surface area contributed by atoms with Crippen molar-refractivity contribution in [2.24, 2.45) is 0 Å². The monoisotopic (exact) mass is 399 g/mol. The highest BCUT2D eigenvalue weighted by molar-refractivity contribution is 7.89. The van der Waals surface area contributed by atoms with Gasteiger partial charge in [-0.3, -0.25) is 4.79 Å². The number of ketones is 1. The maximum absolute atomic E-state index is 12.9. The average Bonchev–Trinajstić information content (AvgIpc) is 2.84. The maximum Gasteiger partial charge on any atom is 0.241 e. The van der Waals surface area contributed by atoms with Crippen molar-refractivity contribution in [3.05, 3.63) is 64.7 Å². The number of sulfonamides is 1. The summed E-state index contributed by atoms with van der Waals surface area (Å²) in [5.41, 5.74) is 3.27. The first kappa shape index (κ1) is 20.7. The first-order valence-electron chi connectivity index (χ1n) is 9.60. The molecule has 0 aliphatic heterocycles. The summed E-state index contributed by atoms with van der Waals surface area (Å²) < 4.78 is 28.7. The van der Waals surface area contributed by atoms with Crippen molar-refractivity contribution in [3.63, 3.8) is 0 Å². The third kappa shape index (κ3) is 3.78. The van der Waals surface area contributed by atoms with Crippen molar-refractivity contribution in [1.82, 2.24) is 4.72 Å². The first-order valence-corrected chi connectivity index (χ1v) is 11.1. The largest absolute Gasteiger partial charge is 0.294 e. The number of fused-ring (bicyclic) bond motifs is 1. The Morgan fingerprint density at radius 3 is 2.25 bits per heavy atom. The molecule has 1 atom stereocenters. The molecule has 0 amide bonds. The summed E-state index contributed by atoms with van der Waals surface area (Å²) in [4.78, 5) is 12.7. The molecule has 3 rings (SSSR count). The summed E-state index contributed by atoms with van der Waals surface area (Å²) in [5.74, 6) is -0.0380. The van der Waals surface area contributed by atoms with Gasteiger partial charge in [-0.1, -0.05) is 58.9 Å². The molecule has 1 aliphatic rings. The highest BCUT2D eigenvalue weighted by Crippen LogP contribution is 2.48. The van der Waals surface area contributed by atoms with Crippen LogP contribution in [0.25, 0.3) is 0 Å². The predicted molar refractivity (Wildman–Crippen MR) is 112 cm³/mol. The average molecular weight is 400 g/mol. The van der Waals surface area contributed by atoms with Gasteiger partial charge in [-0.2, -0.15) is 0 Å². The number of rotatable bonds is 4. The summed E-state index contributed by atoms with van der Waals surface area (Å²) in [6.45, 7) is 12.1. The molecule has 2 aromatic rings. The molecule has 5 heteroatoms. The van der Waals surface area contributed by atoms with Crippen molar-refractivity contribution >= 4 is 15.8 Å². The number of Topliss-reactive ketones (excluding diaryl/α,β-unsaturated/α-hetero) is 1. The van der Waals surface area contributed by atoms with E-state index in [1.54, 1.807) is 37.3 Å². The quantitative estimate of drug-likeness (QED) is 0.745. The van der Waals surface area contributed by atoms with E-state index in [0.29, 0.717) is 12.0 Å². The molecule has 0 heterocycles. The van der Waals surface area contributed by atoms with E-state index >= 15 is 0 Å². The van der Waals surface area contributed by atoms with Gasteiger partial charge in [0.15, 0.2) is 5.78 Å². The van der Waals surface area contributed by atoms with Gasteiger partial charge in [0.25, 0.3) is 0 Å². The highest BCUT2D eigenvalue weighted by Gasteiger charge is 2.41. The minimum atomic E-state index is -3.68. The van der Waals surface area contributed by atoms with E-state index < -0.39 is 16.1 Å². The zero-order chi connectivity index (χ0) is 20.9. The SMILES string of the molecule is CC(=O)c1cc(C(C)(C)C)cc2c1C(NS(=O)(=O)c1ccccc1)CC2(C)C. The van der Waals surface area contributed by atoms with Crippen LogP contribution in [0.5, 0.6) is 0 Å². The second-order valence-electron chi connectivity index (χ2n) is 9.37. The van der Waals surface area contributed by atoms with Gasteiger partial charge in [-0.15, -0.1) is 0 Å². The maximum atomic E-state index is 12.9. The van der Waals surface area contributed by atoms with Crippen LogP contribution < -0.4 is 4.72 Å². The van der Waals surface area contributed by atoms with Crippen LogP contribution in [0.15, 0.2) is 47.4 Å². The Morgan fingerprint density at radius 2 is 1.71 bits per heavy atom. The van der Waals surface area contributed by atoms with E-state index in [1.165, 1.54) is 0 Å². The Labute approximate surface area is 168 Å². The molecule has 0 spiro atoms. The van der Waals surface area contributed by atoms with Crippen LogP contribution in [-0.2, 0) is 20.9 Å². The lowest BCUT2D eigenvalue weighted by Gasteiger charge is -2.25. The fourth-order valence-electron chi connectivity index (χ4n) is 3.99. The van der Waals surface area contributed by atoms with Crippen molar-refractivity contribution in [2.45, 2.75) is 69.7 Å². The smallest absolute Gasteiger partial charge is 0.241 e. The summed E-state index contributed by atoms with van der Waals surface area (Å²) in [5, 5.41) is 0. The number of carbonyl (C=O) groups is 1. The lowest BCUT2D eigenvalue weighted by Crippen LogP contribution is -2.29. The van der Waals surface area contributed by atoms with Crippen LogP contribution in [-0.4, -0.2) is 14.2 Å². The van der Waals surface area contributed by atoms with Gasteiger partial charge in [0, 0.05) is 11.6 Å². The number of hydrogen-bond donors (Lipinski definition) is 1. The van der Waals surface area contributed by atoms with Crippen molar-refractivity contribution in [3.8, 4) is 0 Å². The zero-order valence-corrected chi connectivity index (χ0v) is 18.3. The normalized spacial score (nSPS) is 18.7. The fraction of sp³-hybridized carbons (Fsp3) is 0.435. The topological polar surface area (TPSA) is 63.2 Å². The predicted octanol–water partition coefficient (Wildman–Crippen LogP) is 4.89. The van der Waals surface area contributed by atoms with E-state index in [9.17, 15) is 13.2 Å². The Kier molecular flexibility index (Phi) is 5.05. The van der Waals surface area contributed by atoms with E-state index in [4.69, 9.17) is 0 Å². The minimum absolute atomic E-state index is 0.0380. The number of benzene rings is 2. The van der Waals surface area contributed by atoms with Crippen LogP contribution in [0.2, 0.25) is 0 Å². The van der Waals surface area contributed by atoms with Gasteiger partial charge >= 0.3 is 0 Å². The molecule has 2 aromatic carbocycles. The van der Waals surface area contributed by atoms with Gasteiger partial charge in [0.2, 0.25) is 10.0 Å². The van der Waals surface area contributed by atoms with Crippen LogP contribution in [0.3, 0.4) is 0 Å². The summed E-state index contributed by atoms with van der Waals surface area (Å²) in [7, 11) is -3.68. The van der Waals surface area contributed by atoms with Gasteiger partial charge in [-0.25, -0.2) is 13.1 Å². The van der Waals surface area contributed by atoms with Gasteiger partial charge in [0.05, 0.1) is 4.90 Å². The molecule has 0 saturated heterocycles. The first-order chi connectivity index (χ1) is 12.8. The van der Waals surface area contributed by atoms with E-state index in [0.717, 1.165) is 16.7 Å². The molecule has 0 saturated carbocycles.